The van der Waals surface area contributed by atoms with Crippen LogP contribution in [-0.4, -0.2) is 10.2 Å². The van der Waals surface area contributed by atoms with E-state index in [1.54, 1.807) is 6.20 Å². The lowest BCUT2D eigenvalue weighted by Crippen LogP contribution is -1.98. The molecule has 0 saturated heterocycles. The van der Waals surface area contributed by atoms with E-state index in [-0.39, 0.29) is 0 Å². The van der Waals surface area contributed by atoms with E-state index >= 15 is 0 Å². The molecule has 0 radical (unpaired) electrons. The van der Waals surface area contributed by atoms with Crippen LogP contribution in [0, 0.1) is 0 Å². The van der Waals surface area contributed by atoms with Gasteiger partial charge in [0.05, 0.1) is 11.7 Å². The van der Waals surface area contributed by atoms with Crippen molar-refractivity contribution in [3.05, 3.63) is 47.7 Å². The van der Waals surface area contributed by atoms with Gasteiger partial charge in [-0.1, -0.05) is 12.2 Å². The van der Waals surface area contributed by atoms with E-state index in [0.29, 0.717) is 0 Å². The van der Waals surface area contributed by atoms with Crippen LogP contribution in [0.5, 0.6) is 0 Å². The monoisotopic (exact) mass is 182 g/mol. The maximum Gasteiger partial charge on any atom is 0.0932 e. The molecule has 1 aliphatic rings. The van der Waals surface area contributed by atoms with Crippen LogP contribution in [0.1, 0.15) is 11.1 Å². The Labute approximate surface area is 82.3 Å². The lowest BCUT2D eigenvalue weighted by atomic mass is 9.95. The summed E-state index contributed by atoms with van der Waals surface area (Å²) in [5.74, 6) is 0. The highest BCUT2D eigenvalue weighted by atomic mass is 15.1. The van der Waals surface area contributed by atoms with E-state index < -0.39 is 0 Å². The van der Waals surface area contributed by atoms with Crippen LogP contribution in [0.4, 0.5) is 0 Å². The number of hydrogen-bond acceptors (Lipinski definition) is 2. The van der Waals surface area contributed by atoms with Gasteiger partial charge in [0.2, 0.25) is 0 Å². The van der Waals surface area contributed by atoms with Gasteiger partial charge in [0.25, 0.3) is 0 Å². The zero-order valence-electron chi connectivity index (χ0n) is 7.77. The molecule has 68 valence electrons. The summed E-state index contributed by atoms with van der Waals surface area (Å²) in [7, 11) is 0. The fourth-order valence-corrected chi connectivity index (χ4v) is 1.93. The Morgan fingerprint density at radius 2 is 1.79 bits per heavy atom. The molecule has 1 aromatic carbocycles. The van der Waals surface area contributed by atoms with Crippen molar-refractivity contribution in [3.8, 4) is 0 Å². The first-order chi connectivity index (χ1) is 6.93. The van der Waals surface area contributed by atoms with Gasteiger partial charge in [-0.15, -0.1) is 0 Å². The Bertz CT molecular complexity index is 468. The van der Waals surface area contributed by atoms with Crippen molar-refractivity contribution in [2.75, 3.05) is 0 Å². The molecule has 0 saturated carbocycles. The van der Waals surface area contributed by atoms with Crippen LogP contribution in [-0.2, 0) is 12.8 Å². The third-order valence-corrected chi connectivity index (χ3v) is 2.68. The Balaban J connectivity index is 2.30. The lowest BCUT2D eigenvalue weighted by Gasteiger charge is -2.11. The summed E-state index contributed by atoms with van der Waals surface area (Å²) < 4.78 is 0. The van der Waals surface area contributed by atoms with Crippen molar-refractivity contribution in [2.45, 2.75) is 12.8 Å². The standard InChI is InChI=1S/C12H10N2/c1-2-4-10-8-12-11(5-6-13-14-12)7-9(10)3-1/h1-2,5-8H,3-4H2. The van der Waals surface area contributed by atoms with Gasteiger partial charge in [0.1, 0.15) is 0 Å². The van der Waals surface area contributed by atoms with E-state index in [9.17, 15) is 0 Å². The van der Waals surface area contributed by atoms with E-state index in [2.05, 4.69) is 34.5 Å². The fourth-order valence-electron chi connectivity index (χ4n) is 1.93. The molecule has 0 amide bonds. The van der Waals surface area contributed by atoms with Crippen LogP contribution in [0.15, 0.2) is 36.5 Å². The van der Waals surface area contributed by atoms with Crippen molar-refractivity contribution < 1.29 is 0 Å². The smallest absolute Gasteiger partial charge is 0.0932 e. The largest absolute Gasteiger partial charge is 0.159 e. The average Bonchev–Trinajstić information content (AvgIpc) is 2.26. The number of nitrogens with zero attached hydrogens (tertiary/aromatic N) is 2. The predicted octanol–water partition coefficient (Wildman–Crippen LogP) is 2.28. The second kappa shape index (κ2) is 2.91. The van der Waals surface area contributed by atoms with Gasteiger partial charge < -0.3 is 0 Å². The van der Waals surface area contributed by atoms with Gasteiger partial charge in [0.15, 0.2) is 0 Å². The van der Waals surface area contributed by atoms with Gasteiger partial charge in [-0.25, -0.2) is 0 Å². The van der Waals surface area contributed by atoms with Crippen LogP contribution in [0.25, 0.3) is 10.9 Å². The molecule has 0 N–H and O–H groups in total. The Hall–Kier alpha value is -1.70. The van der Waals surface area contributed by atoms with Crippen molar-refractivity contribution in [2.24, 2.45) is 0 Å². The summed E-state index contributed by atoms with van der Waals surface area (Å²) >= 11 is 0. The molecule has 1 aromatic heterocycles. The highest BCUT2D eigenvalue weighted by Gasteiger charge is 2.06. The van der Waals surface area contributed by atoms with Crippen molar-refractivity contribution in [1.82, 2.24) is 10.2 Å². The molecule has 3 rings (SSSR count). The summed E-state index contributed by atoms with van der Waals surface area (Å²) in [4.78, 5) is 0. The zero-order chi connectivity index (χ0) is 9.38. The Morgan fingerprint density at radius 1 is 1.00 bits per heavy atom. The molecule has 2 nitrogen and oxygen atoms in total. The Morgan fingerprint density at radius 3 is 2.64 bits per heavy atom. The fraction of sp³-hybridized carbons (Fsp3) is 0.167. The minimum atomic E-state index is 1.00. The second-order valence-electron chi connectivity index (χ2n) is 3.59. The predicted molar refractivity (Wildman–Crippen MR) is 56.1 cm³/mol. The average molecular weight is 182 g/mol. The van der Waals surface area contributed by atoms with Crippen LogP contribution < -0.4 is 0 Å². The highest BCUT2D eigenvalue weighted by Crippen LogP contribution is 2.21. The summed E-state index contributed by atoms with van der Waals surface area (Å²) in [6.45, 7) is 0. The zero-order valence-corrected chi connectivity index (χ0v) is 7.77. The molecule has 2 aromatic rings. The number of allylic oxidation sites excluding steroid dienone is 2. The molecule has 0 fully saturated rings. The number of fused-ring (bicyclic) bond motifs is 2. The molecule has 0 aliphatic heterocycles. The number of aromatic nitrogens is 2. The quantitative estimate of drug-likeness (QED) is 0.584. The number of benzene rings is 1. The van der Waals surface area contributed by atoms with Crippen LogP contribution >= 0.6 is 0 Å². The normalized spacial score (nSPS) is 14.3. The van der Waals surface area contributed by atoms with Crippen molar-refractivity contribution in [3.63, 3.8) is 0 Å². The van der Waals surface area contributed by atoms with E-state index in [1.807, 2.05) is 6.07 Å². The molecular weight excluding hydrogens is 172 g/mol. The third kappa shape index (κ3) is 1.11. The summed E-state index contributed by atoms with van der Waals surface area (Å²) in [5.41, 5.74) is 3.81. The molecule has 0 spiro atoms. The first-order valence-corrected chi connectivity index (χ1v) is 4.82. The third-order valence-electron chi connectivity index (χ3n) is 2.68. The van der Waals surface area contributed by atoms with Crippen LogP contribution in [0.2, 0.25) is 0 Å². The first-order valence-electron chi connectivity index (χ1n) is 4.82. The molecule has 0 bridgehead atoms. The van der Waals surface area contributed by atoms with Gasteiger partial charge in [-0.3, -0.25) is 0 Å². The molecule has 1 heterocycles. The minimum Gasteiger partial charge on any atom is -0.159 e. The molecule has 14 heavy (non-hydrogen) atoms. The van der Waals surface area contributed by atoms with Gasteiger partial charge in [-0.2, -0.15) is 10.2 Å². The highest BCUT2D eigenvalue weighted by molar-refractivity contribution is 5.79. The number of hydrogen-bond donors (Lipinski definition) is 0. The molecule has 0 unspecified atom stereocenters. The van der Waals surface area contributed by atoms with Gasteiger partial charge in [0, 0.05) is 5.39 Å². The van der Waals surface area contributed by atoms with E-state index in [4.69, 9.17) is 0 Å². The van der Waals surface area contributed by atoms with E-state index in [0.717, 1.165) is 18.4 Å². The van der Waals surface area contributed by atoms with Gasteiger partial charge in [-0.05, 0) is 42.2 Å². The molecule has 0 atom stereocenters. The lowest BCUT2D eigenvalue weighted by molar-refractivity contribution is 1.06. The topological polar surface area (TPSA) is 25.8 Å². The van der Waals surface area contributed by atoms with Gasteiger partial charge >= 0.3 is 0 Å². The van der Waals surface area contributed by atoms with Crippen LogP contribution in [0.3, 0.4) is 0 Å². The maximum absolute atomic E-state index is 4.12. The first kappa shape index (κ1) is 7.68. The molecular formula is C12H10N2. The van der Waals surface area contributed by atoms with E-state index in [1.165, 1.54) is 16.5 Å². The Kier molecular flexibility index (Phi) is 1.60. The van der Waals surface area contributed by atoms with Crippen molar-refractivity contribution in [1.29, 1.82) is 0 Å². The summed E-state index contributed by atoms with van der Waals surface area (Å²) in [6.07, 6.45) is 8.26. The molecule has 2 heteroatoms. The second-order valence-corrected chi connectivity index (χ2v) is 3.59. The summed E-state index contributed by atoms with van der Waals surface area (Å²) in [5, 5.41) is 9.20. The molecule has 1 aliphatic carbocycles. The maximum atomic E-state index is 4.12. The summed E-state index contributed by atoms with van der Waals surface area (Å²) in [6, 6.07) is 6.39. The SMILES string of the molecule is C1=CCc2cc3nnccc3cc2C1. The van der Waals surface area contributed by atoms with Crippen molar-refractivity contribution >= 4 is 10.9 Å². The minimum absolute atomic E-state index is 1.00. The number of rotatable bonds is 0.